The Hall–Kier alpha value is -3.81. The largest absolute Gasteiger partial charge is 0.497 e. The standard InChI is InChI=1S/C25H26FNO6/c1-5-32-24(28)20-14-27(17-9-7-16(26)8-10-17)15-21(25(29)33-6-2)23(20)19-12-11-18(30-3)13-22(19)31-4/h7-15,23H,5-6H2,1-4H3. The Bertz CT molecular complexity index is 1040. The second-order valence-corrected chi connectivity index (χ2v) is 7.03. The molecule has 0 aliphatic carbocycles. The maximum absolute atomic E-state index is 13.5. The molecule has 2 aromatic rings. The lowest BCUT2D eigenvalue weighted by Gasteiger charge is -2.31. The highest BCUT2D eigenvalue weighted by molar-refractivity contribution is 6.00. The number of ether oxygens (including phenoxy) is 4. The van der Waals surface area contributed by atoms with Gasteiger partial charge in [0.1, 0.15) is 17.3 Å². The zero-order chi connectivity index (χ0) is 24.0. The molecule has 0 spiro atoms. The van der Waals surface area contributed by atoms with Crippen molar-refractivity contribution < 1.29 is 32.9 Å². The lowest BCUT2D eigenvalue weighted by molar-refractivity contribution is -0.139. The molecular formula is C25H26FNO6. The molecule has 0 amide bonds. The molecule has 0 atom stereocenters. The van der Waals surface area contributed by atoms with E-state index in [4.69, 9.17) is 18.9 Å². The number of hydrogen-bond acceptors (Lipinski definition) is 7. The number of carbonyl (C=O) groups excluding carboxylic acids is 2. The number of anilines is 1. The van der Waals surface area contributed by atoms with Gasteiger partial charge in [0.15, 0.2) is 0 Å². The van der Waals surface area contributed by atoms with E-state index in [1.54, 1.807) is 61.5 Å². The van der Waals surface area contributed by atoms with E-state index >= 15 is 0 Å². The van der Waals surface area contributed by atoms with Gasteiger partial charge in [-0.25, -0.2) is 14.0 Å². The molecule has 7 nitrogen and oxygen atoms in total. The first kappa shape index (κ1) is 23.8. The smallest absolute Gasteiger partial charge is 0.336 e. The van der Waals surface area contributed by atoms with E-state index in [9.17, 15) is 14.0 Å². The van der Waals surface area contributed by atoms with Crippen molar-refractivity contribution in [1.29, 1.82) is 0 Å². The summed E-state index contributed by atoms with van der Waals surface area (Å²) in [4.78, 5) is 27.7. The molecule has 3 rings (SSSR count). The van der Waals surface area contributed by atoms with Crippen LogP contribution in [0.15, 0.2) is 66.0 Å². The van der Waals surface area contributed by atoms with Crippen molar-refractivity contribution in [1.82, 2.24) is 0 Å². The van der Waals surface area contributed by atoms with E-state index < -0.39 is 23.7 Å². The van der Waals surface area contributed by atoms with Crippen LogP contribution in [-0.2, 0) is 19.1 Å². The lowest BCUT2D eigenvalue weighted by Crippen LogP contribution is -2.29. The van der Waals surface area contributed by atoms with Gasteiger partial charge in [0.05, 0.1) is 44.5 Å². The normalized spacial score (nSPS) is 13.7. The van der Waals surface area contributed by atoms with Crippen LogP contribution >= 0.6 is 0 Å². The Morgan fingerprint density at radius 2 is 1.45 bits per heavy atom. The van der Waals surface area contributed by atoms with Crippen molar-refractivity contribution in [2.24, 2.45) is 0 Å². The summed E-state index contributed by atoms with van der Waals surface area (Å²) in [6, 6.07) is 10.8. The van der Waals surface area contributed by atoms with Gasteiger partial charge in [-0.3, -0.25) is 0 Å². The average Bonchev–Trinajstić information content (AvgIpc) is 2.83. The molecule has 0 unspecified atom stereocenters. The molecule has 0 saturated carbocycles. The first-order valence-corrected chi connectivity index (χ1v) is 10.5. The molecule has 0 N–H and O–H groups in total. The van der Waals surface area contributed by atoms with Crippen LogP contribution < -0.4 is 14.4 Å². The van der Waals surface area contributed by atoms with Crippen LogP contribution in [0.1, 0.15) is 25.3 Å². The van der Waals surface area contributed by atoms with Crippen LogP contribution in [0.5, 0.6) is 11.5 Å². The summed E-state index contributed by atoms with van der Waals surface area (Å²) >= 11 is 0. The summed E-state index contributed by atoms with van der Waals surface area (Å²) in [6.45, 7) is 3.70. The van der Waals surface area contributed by atoms with E-state index in [-0.39, 0.29) is 24.4 Å². The van der Waals surface area contributed by atoms with Gasteiger partial charge in [0.2, 0.25) is 0 Å². The number of rotatable bonds is 8. The third-order valence-electron chi connectivity index (χ3n) is 5.08. The molecule has 1 aliphatic rings. The predicted molar refractivity (Wildman–Crippen MR) is 121 cm³/mol. The molecule has 0 aromatic heterocycles. The third kappa shape index (κ3) is 5.16. The number of benzene rings is 2. The zero-order valence-corrected chi connectivity index (χ0v) is 19.0. The summed E-state index contributed by atoms with van der Waals surface area (Å²) in [5.41, 5.74) is 1.53. The summed E-state index contributed by atoms with van der Waals surface area (Å²) in [6.07, 6.45) is 3.14. The molecule has 174 valence electrons. The number of hydrogen-bond donors (Lipinski definition) is 0. The first-order chi connectivity index (χ1) is 15.9. The number of esters is 2. The zero-order valence-electron chi connectivity index (χ0n) is 19.0. The van der Waals surface area contributed by atoms with Gasteiger partial charge < -0.3 is 23.8 Å². The van der Waals surface area contributed by atoms with Crippen LogP contribution in [0.4, 0.5) is 10.1 Å². The Morgan fingerprint density at radius 3 is 1.94 bits per heavy atom. The van der Waals surface area contributed by atoms with E-state index in [2.05, 4.69) is 0 Å². The Kier molecular flexibility index (Phi) is 7.71. The van der Waals surface area contributed by atoms with Crippen molar-refractivity contribution in [3.8, 4) is 11.5 Å². The monoisotopic (exact) mass is 455 g/mol. The fourth-order valence-corrected chi connectivity index (χ4v) is 3.58. The maximum Gasteiger partial charge on any atom is 0.336 e. The summed E-state index contributed by atoms with van der Waals surface area (Å²) in [5, 5.41) is 0. The summed E-state index contributed by atoms with van der Waals surface area (Å²) < 4.78 is 34.9. The summed E-state index contributed by atoms with van der Waals surface area (Å²) in [7, 11) is 3.02. The quantitative estimate of drug-likeness (QED) is 0.548. The molecule has 1 aliphatic heterocycles. The highest BCUT2D eigenvalue weighted by Crippen LogP contribution is 2.43. The molecule has 2 aromatic carbocycles. The van der Waals surface area contributed by atoms with Crippen molar-refractivity contribution >= 4 is 17.6 Å². The van der Waals surface area contributed by atoms with E-state index in [0.717, 1.165) is 0 Å². The summed E-state index contributed by atoms with van der Waals surface area (Å²) in [5.74, 6) is -1.42. The highest BCUT2D eigenvalue weighted by atomic mass is 19.1. The average molecular weight is 455 g/mol. The molecule has 33 heavy (non-hydrogen) atoms. The number of carbonyl (C=O) groups is 2. The van der Waals surface area contributed by atoms with E-state index in [1.165, 1.54) is 26.4 Å². The number of halogens is 1. The molecule has 0 saturated heterocycles. The molecule has 1 heterocycles. The minimum absolute atomic E-state index is 0.150. The third-order valence-corrected chi connectivity index (χ3v) is 5.08. The van der Waals surface area contributed by atoms with Crippen LogP contribution in [-0.4, -0.2) is 39.4 Å². The van der Waals surface area contributed by atoms with Gasteiger partial charge in [-0.1, -0.05) is 6.07 Å². The molecule has 0 radical (unpaired) electrons. The van der Waals surface area contributed by atoms with Crippen LogP contribution in [0.25, 0.3) is 0 Å². The van der Waals surface area contributed by atoms with Gasteiger partial charge in [-0.2, -0.15) is 0 Å². The van der Waals surface area contributed by atoms with Crippen molar-refractivity contribution in [3.63, 3.8) is 0 Å². The highest BCUT2D eigenvalue weighted by Gasteiger charge is 2.37. The predicted octanol–water partition coefficient (Wildman–Crippen LogP) is 4.34. The van der Waals surface area contributed by atoms with Gasteiger partial charge in [0, 0.05) is 29.7 Å². The van der Waals surface area contributed by atoms with Crippen molar-refractivity contribution in [2.75, 3.05) is 32.3 Å². The minimum atomic E-state index is -0.819. The van der Waals surface area contributed by atoms with Crippen LogP contribution in [0, 0.1) is 5.82 Å². The second kappa shape index (κ2) is 10.7. The van der Waals surface area contributed by atoms with E-state index in [1.807, 2.05) is 0 Å². The van der Waals surface area contributed by atoms with Crippen LogP contribution in [0.2, 0.25) is 0 Å². The fraction of sp³-hybridized carbons (Fsp3) is 0.280. The number of methoxy groups -OCH3 is 2. The minimum Gasteiger partial charge on any atom is -0.497 e. The second-order valence-electron chi connectivity index (χ2n) is 7.03. The van der Waals surface area contributed by atoms with Gasteiger partial charge >= 0.3 is 11.9 Å². The Labute approximate surface area is 192 Å². The molecular weight excluding hydrogens is 429 g/mol. The van der Waals surface area contributed by atoms with Gasteiger partial charge in [-0.05, 0) is 44.2 Å². The van der Waals surface area contributed by atoms with Gasteiger partial charge in [-0.15, -0.1) is 0 Å². The Balaban J connectivity index is 2.22. The molecule has 0 fully saturated rings. The SMILES string of the molecule is CCOC(=O)C1=CN(c2ccc(F)cc2)C=C(C(=O)OCC)C1c1ccc(OC)cc1OC. The van der Waals surface area contributed by atoms with Gasteiger partial charge in [0.25, 0.3) is 0 Å². The Morgan fingerprint density at radius 1 is 0.879 bits per heavy atom. The van der Waals surface area contributed by atoms with E-state index in [0.29, 0.717) is 22.7 Å². The lowest BCUT2D eigenvalue weighted by atomic mass is 9.82. The van der Waals surface area contributed by atoms with Crippen molar-refractivity contribution in [2.45, 2.75) is 19.8 Å². The topological polar surface area (TPSA) is 74.3 Å². The van der Waals surface area contributed by atoms with Crippen LogP contribution in [0.3, 0.4) is 0 Å². The maximum atomic E-state index is 13.5. The fourth-order valence-electron chi connectivity index (χ4n) is 3.58. The molecule has 8 heteroatoms. The molecule has 0 bridgehead atoms. The first-order valence-electron chi connectivity index (χ1n) is 10.5. The van der Waals surface area contributed by atoms with Crippen molar-refractivity contribution in [3.05, 3.63) is 77.4 Å². The number of nitrogens with zero attached hydrogens (tertiary/aromatic N) is 1.